The van der Waals surface area contributed by atoms with Gasteiger partial charge in [-0.1, -0.05) is 30.9 Å². The maximum atomic E-state index is 11.7. The van der Waals surface area contributed by atoms with E-state index in [4.69, 9.17) is 10.5 Å². The fourth-order valence-electron chi connectivity index (χ4n) is 4.89. The van der Waals surface area contributed by atoms with Gasteiger partial charge in [0.05, 0.1) is 24.2 Å². The van der Waals surface area contributed by atoms with Gasteiger partial charge in [0, 0.05) is 19.2 Å². The molecule has 7 nitrogen and oxygen atoms in total. The van der Waals surface area contributed by atoms with Gasteiger partial charge < -0.3 is 15.4 Å². The number of aromatic nitrogens is 3. The smallest absolute Gasteiger partial charge is 0.252 e. The fraction of sp³-hybridized carbons (Fsp3) is 0.667. The number of hydrogen-bond acceptors (Lipinski definition) is 5. The monoisotopic (exact) mass is 385 g/mol. The van der Waals surface area contributed by atoms with E-state index in [0.717, 1.165) is 24.4 Å². The fourth-order valence-corrected chi connectivity index (χ4v) is 4.89. The van der Waals surface area contributed by atoms with E-state index in [2.05, 4.69) is 15.2 Å². The van der Waals surface area contributed by atoms with Gasteiger partial charge in [0.15, 0.2) is 0 Å². The largest absolute Gasteiger partial charge is 0.496 e. The Bertz CT molecular complexity index is 828. The maximum absolute atomic E-state index is 11.7. The molecule has 1 atom stereocenters. The standard InChI is InChI=1S/C21H31N5O2/c1-28-20-12-19-18(11-17(20)21(22)27)23-24-26(19)16-9-5-6-10-25(14-16)13-15-7-3-2-4-8-15/h11-12,15-16H,2-10,13-14H2,1H3,(H2,22,27). The minimum absolute atomic E-state index is 0.292. The zero-order valence-electron chi connectivity index (χ0n) is 16.8. The molecule has 1 aromatic carbocycles. The highest BCUT2D eigenvalue weighted by Gasteiger charge is 2.25. The van der Waals surface area contributed by atoms with Crippen LogP contribution in [-0.2, 0) is 0 Å². The third-order valence-corrected chi connectivity index (χ3v) is 6.38. The second-order valence-corrected chi connectivity index (χ2v) is 8.35. The number of nitrogens with two attached hydrogens (primary N) is 1. The number of rotatable bonds is 5. The summed E-state index contributed by atoms with van der Waals surface area (Å²) < 4.78 is 7.42. The molecule has 0 bridgehead atoms. The summed E-state index contributed by atoms with van der Waals surface area (Å²) in [4.78, 5) is 14.3. The normalized spacial score (nSPS) is 22.2. The van der Waals surface area contributed by atoms with E-state index in [1.54, 1.807) is 13.2 Å². The van der Waals surface area contributed by atoms with E-state index < -0.39 is 5.91 Å². The number of carbonyl (C=O) groups excluding carboxylic acids is 1. The van der Waals surface area contributed by atoms with Crippen molar-refractivity contribution < 1.29 is 9.53 Å². The number of methoxy groups -OCH3 is 1. The third kappa shape index (κ3) is 3.99. The first-order valence-corrected chi connectivity index (χ1v) is 10.6. The lowest BCUT2D eigenvalue weighted by atomic mass is 9.89. The van der Waals surface area contributed by atoms with Crippen LogP contribution < -0.4 is 10.5 Å². The molecule has 2 aromatic rings. The first-order chi connectivity index (χ1) is 13.7. The second kappa shape index (κ2) is 8.47. The zero-order valence-corrected chi connectivity index (χ0v) is 16.8. The molecule has 7 heteroatoms. The molecular weight excluding hydrogens is 354 g/mol. The van der Waals surface area contributed by atoms with Crippen LogP contribution in [0.15, 0.2) is 12.1 Å². The van der Waals surface area contributed by atoms with Crippen LogP contribution >= 0.6 is 0 Å². The van der Waals surface area contributed by atoms with Gasteiger partial charge in [-0.2, -0.15) is 0 Å². The van der Waals surface area contributed by atoms with Crippen LogP contribution in [-0.4, -0.2) is 52.5 Å². The van der Waals surface area contributed by atoms with Crippen LogP contribution in [0.25, 0.3) is 11.0 Å². The van der Waals surface area contributed by atoms with Gasteiger partial charge in [0.25, 0.3) is 5.91 Å². The van der Waals surface area contributed by atoms with E-state index in [1.807, 2.05) is 10.7 Å². The summed E-state index contributed by atoms with van der Waals surface area (Å²) in [6.45, 7) is 3.39. The number of hydrogen-bond donors (Lipinski definition) is 1. The third-order valence-electron chi connectivity index (χ3n) is 6.38. The van der Waals surface area contributed by atoms with Crippen molar-refractivity contribution >= 4 is 16.9 Å². The molecule has 28 heavy (non-hydrogen) atoms. The van der Waals surface area contributed by atoms with E-state index in [9.17, 15) is 4.79 Å². The minimum atomic E-state index is -0.513. The average molecular weight is 386 g/mol. The first-order valence-electron chi connectivity index (χ1n) is 10.6. The Balaban J connectivity index is 1.57. The van der Waals surface area contributed by atoms with Crippen molar-refractivity contribution in [3.63, 3.8) is 0 Å². The molecule has 4 rings (SSSR count). The SMILES string of the molecule is COc1cc2c(cc1C(N)=O)nnn2C1CCCCN(CC2CCCCC2)C1. The van der Waals surface area contributed by atoms with Crippen molar-refractivity contribution in [2.45, 2.75) is 57.4 Å². The van der Waals surface area contributed by atoms with Crippen molar-refractivity contribution in [2.24, 2.45) is 11.7 Å². The van der Waals surface area contributed by atoms with Gasteiger partial charge in [0.1, 0.15) is 11.3 Å². The van der Waals surface area contributed by atoms with Gasteiger partial charge in [-0.15, -0.1) is 5.10 Å². The predicted octanol–water partition coefficient (Wildman–Crippen LogP) is 3.15. The lowest BCUT2D eigenvalue weighted by molar-refractivity contribution is 0.0997. The zero-order chi connectivity index (χ0) is 19.5. The molecule has 0 radical (unpaired) electrons. The van der Waals surface area contributed by atoms with Crippen LogP contribution in [0.4, 0.5) is 0 Å². The Kier molecular flexibility index (Phi) is 5.80. The predicted molar refractivity (Wildman–Crippen MR) is 109 cm³/mol. The Morgan fingerprint density at radius 3 is 2.71 bits per heavy atom. The second-order valence-electron chi connectivity index (χ2n) is 8.35. The van der Waals surface area contributed by atoms with Gasteiger partial charge >= 0.3 is 0 Å². The van der Waals surface area contributed by atoms with E-state index in [1.165, 1.54) is 58.0 Å². The molecule has 2 fully saturated rings. The summed E-state index contributed by atoms with van der Waals surface area (Å²) >= 11 is 0. The molecule has 1 saturated heterocycles. The van der Waals surface area contributed by atoms with Gasteiger partial charge in [0.2, 0.25) is 0 Å². The van der Waals surface area contributed by atoms with E-state index in [0.29, 0.717) is 22.9 Å². The summed E-state index contributed by atoms with van der Waals surface area (Å²) in [6, 6.07) is 3.84. The number of nitrogens with zero attached hydrogens (tertiary/aromatic N) is 4. The number of amides is 1. The van der Waals surface area contributed by atoms with Crippen molar-refractivity contribution in [3.8, 4) is 5.75 Å². The molecule has 2 aliphatic rings. The Hall–Kier alpha value is -2.15. The quantitative estimate of drug-likeness (QED) is 0.854. The molecule has 1 aliphatic carbocycles. The summed E-state index contributed by atoms with van der Waals surface area (Å²) in [5, 5.41) is 8.76. The molecule has 1 aliphatic heterocycles. The van der Waals surface area contributed by atoms with E-state index >= 15 is 0 Å². The van der Waals surface area contributed by atoms with Crippen molar-refractivity contribution in [1.82, 2.24) is 19.9 Å². The van der Waals surface area contributed by atoms with Crippen molar-refractivity contribution in [1.29, 1.82) is 0 Å². The average Bonchev–Trinajstić information content (AvgIpc) is 2.98. The Morgan fingerprint density at radius 2 is 1.96 bits per heavy atom. The minimum Gasteiger partial charge on any atom is -0.496 e. The molecule has 1 aromatic heterocycles. The van der Waals surface area contributed by atoms with Crippen LogP contribution in [0.1, 0.15) is 67.8 Å². The highest BCUT2D eigenvalue weighted by molar-refractivity contribution is 5.99. The molecule has 152 valence electrons. The van der Waals surface area contributed by atoms with Crippen LogP contribution in [0, 0.1) is 5.92 Å². The maximum Gasteiger partial charge on any atom is 0.252 e. The van der Waals surface area contributed by atoms with Crippen LogP contribution in [0.2, 0.25) is 0 Å². The summed E-state index contributed by atoms with van der Waals surface area (Å²) in [6.07, 6.45) is 10.5. The number of likely N-dealkylation sites (tertiary alicyclic amines) is 1. The molecule has 2 heterocycles. The number of primary amides is 1. The molecular formula is C21H31N5O2. The summed E-state index contributed by atoms with van der Waals surface area (Å²) in [7, 11) is 1.55. The van der Waals surface area contributed by atoms with Crippen LogP contribution in [0.3, 0.4) is 0 Å². The van der Waals surface area contributed by atoms with Crippen LogP contribution in [0.5, 0.6) is 5.75 Å². The topological polar surface area (TPSA) is 86.3 Å². The van der Waals surface area contributed by atoms with E-state index in [-0.39, 0.29) is 0 Å². The van der Waals surface area contributed by atoms with Crippen molar-refractivity contribution in [2.75, 3.05) is 26.7 Å². The highest BCUT2D eigenvalue weighted by atomic mass is 16.5. The molecule has 1 saturated carbocycles. The number of ether oxygens (including phenoxy) is 1. The summed E-state index contributed by atoms with van der Waals surface area (Å²) in [5.41, 5.74) is 7.43. The summed E-state index contributed by atoms with van der Waals surface area (Å²) in [5.74, 6) is 0.816. The van der Waals surface area contributed by atoms with Gasteiger partial charge in [-0.05, 0) is 44.2 Å². The number of carbonyl (C=O) groups is 1. The lowest BCUT2D eigenvalue weighted by Gasteiger charge is -2.30. The molecule has 0 spiro atoms. The van der Waals surface area contributed by atoms with Gasteiger partial charge in [-0.3, -0.25) is 4.79 Å². The first kappa shape index (κ1) is 19.2. The molecule has 2 N–H and O–H groups in total. The number of fused-ring (bicyclic) bond motifs is 1. The Morgan fingerprint density at radius 1 is 1.18 bits per heavy atom. The van der Waals surface area contributed by atoms with Crippen molar-refractivity contribution in [3.05, 3.63) is 17.7 Å². The highest BCUT2D eigenvalue weighted by Crippen LogP contribution is 2.30. The lowest BCUT2D eigenvalue weighted by Crippen LogP contribution is -2.35. The van der Waals surface area contributed by atoms with Gasteiger partial charge in [-0.25, -0.2) is 4.68 Å². The molecule has 1 unspecified atom stereocenters. The molecule has 1 amide bonds. The Labute approximate surface area is 166 Å². The number of benzene rings is 1.